The standard InChI is InChI=1S/C22H21F2N3O/c1-2-15-10-16-4-3-5-17(16)11-20(15)25-22-26-21(28)19(24)13-27(22)12-14-6-8-18(23)9-7-14/h6-11,13H,2-5,12H2,1H3,(H,25,26,28). The van der Waals surface area contributed by atoms with Gasteiger partial charge >= 0.3 is 5.56 Å². The van der Waals surface area contributed by atoms with Crippen LogP contribution < -0.4 is 10.9 Å². The Morgan fingerprint density at radius 3 is 2.54 bits per heavy atom. The third kappa shape index (κ3) is 3.67. The maximum atomic E-state index is 13.9. The molecule has 0 fully saturated rings. The number of rotatable bonds is 5. The lowest BCUT2D eigenvalue weighted by atomic mass is 10.0. The van der Waals surface area contributed by atoms with E-state index in [-0.39, 0.29) is 18.3 Å². The molecule has 0 unspecified atom stereocenters. The Bertz CT molecular complexity index is 1070. The van der Waals surface area contributed by atoms with Gasteiger partial charge < -0.3 is 9.88 Å². The molecule has 1 aliphatic rings. The molecule has 28 heavy (non-hydrogen) atoms. The summed E-state index contributed by atoms with van der Waals surface area (Å²) in [6, 6.07) is 10.3. The molecule has 1 aromatic heterocycles. The Labute approximate surface area is 161 Å². The van der Waals surface area contributed by atoms with Crippen LogP contribution >= 0.6 is 0 Å². The second-order valence-corrected chi connectivity index (χ2v) is 7.08. The highest BCUT2D eigenvalue weighted by molar-refractivity contribution is 5.62. The fourth-order valence-electron chi connectivity index (χ4n) is 3.68. The lowest BCUT2D eigenvalue weighted by Gasteiger charge is -2.17. The number of anilines is 2. The zero-order valence-corrected chi connectivity index (χ0v) is 15.6. The average Bonchev–Trinajstić information content (AvgIpc) is 3.14. The molecule has 3 aromatic rings. The minimum absolute atomic E-state index is 0.263. The van der Waals surface area contributed by atoms with Crippen molar-refractivity contribution in [2.75, 3.05) is 5.32 Å². The van der Waals surface area contributed by atoms with E-state index in [0.717, 1.165) is 48.7 Å². The van der Waals surface area contributed by atoms with Gasteiger partial charge in [0.25, 0.3) is 0 Å². The molecule has 1 aliphatic carbocycles. The van der Waals surface area contributed by atoms with Gasteiger partial charge in [-0.25, -0.2) is 4.39 Å². The summed E-state index contributed by atoms with van der Waals surface area (Å²) >= 11 is 0. The van der Waals surface area contributed by atoms with Crippen LogP contribution in [0.15, 0.2) is 47.4 Å². The van der Waals surface area contributed by atoms with Gasteiger partial charge in [0.1, 0.15) is 5.82 Å². The van der Waals surface area contributed by atoms with Gasteiger partial charge in [-0.1, -0.05) is 25.1 Å². The Morgan fingerprint density at radius 2 is 1.82 bits per heavy atom. The fraction of sp³-hybridized carbons (Fsp3) is 0.273. The molecule has 0 amide bonds. The van der Waals surface area contributed by atoms with Crippen LogP contribution in [-0.4, -0.2) is 9.55 Å². The largest absolute Gasteiger partial charge is 0.325 e. The second kappa shape index (κ2) is 7.54. The second-order valence-electron chi connectivity index (χ2n) is 7.08. The highest BCUT2D eigenvalue weighted by Gasteiger charge is 2.16. The molecule has 4 nitrogen and oxygen atoms in total. The molecule has 0 bridgehead atoms. The zero-order chi connectivity index (χ0) is 19.7. The maximum absolute atomic E-state index is 13.9. The molecular weight excluding hydrogens is 360 g/mol. The smallest absolute Gasteiger partial charge is 0.310 e. The van der Waals surface area contributed by atoms with Crippen LogP contribution in [0.5, 0.6) is 0 Å². The summed E-state index contributed by atoms with van der Waals surface area (Å²) in [6.45, 7) is 2.34. The van der Waals surface area contributed by atoms with Gasteiger partial charge in [-0.05, 0) is 66.1 Å². The van der Waals surface area contributed by atoms with E-state index in [4.69, 9.17) is 0 Å². The van der Waals surface area contributed by atoms with E-state index >= 15 is 0 Å². The van der Waals surface area contributed by atoms with Gasteiger partial charge in [-0.15, -0.1) is 0 Å². The van der Waals surface area contributed by atoms with Gasteiger partial charge in [0.2, 0.25) is 11.8 Å². The maximum Gasteiger partial charge on any atom is 0.310 e. The molecule has 2 aromatic carbocycles. The topological polar surface area (TPSA) is 46.9 Å². The van der Waals surface area contributed by atoms with Gasteiger partial charge in [0.05, 0.1) is 6.54 Å². The molecule has 0 radical (unpaired) electrons. The first kappa shape index (κ1) is 18.3. The van der Waals surface area contributed by atoms with Crippen molar-refractivity contribution in [2.45, 2.75) is 39.2 Å². The molecule has 0 spiro atoms. The third-order valence-corrected chi connectivity index (χ3v) is 5.16. The monoisotopic (exact) mass is 381 g/mol. The van der Waals surface area contributed by atoms with Gasteiger partial charge in [0.15, 0.2) is 0 Å². The summed E-state index contributed by atoms with van der Waals surface area (Å²) in [4.78, 5) is 15.7. The highest BCUT2D eigenvalue weighted by atomic mass is 19.1. The minimum atomic E-state index is -0.919. The zero-order valence-electron chi connectivity index (χ0n) is 15.6. The number of hydrogen-bond donors (Lipinski definition) is 1. The first-order valence-corrected chi connectivity index (χ1v) is 9.46. The molecule has 0 saturated carbocycles. The number of benzene rings is 2. The fourth-order valence-corrected chi connectivity index (χ4v) is 3.68. The summed E-state index contributed by atoms with van der Waals surface area (Å²) in [6.07, 6.45) is 5.24. The van der Waals surface area contributed by atoms with Crippen LogP contribution in [0, 0.1) is 11.6 Å². The highest BCUT2D eigenvalue weighted by Crippen LogP contribution is 2.30. The first-order chi connectivity index (χ1) is 13.5. The Balaban J connectivity index is 1.72. The van der Waals surface area contributed by atoms with Crippen molar-refractivity contribution in [2.24, 2.45) is 0 Å². The normalized spacial score (nSPS) is 12.8. The van der Waals surface area contributed by atoms with E-state index in [1.54, 1.807) is 12.1 Å². The van der Waals surface area contributed by atoms with Crippen LogP contribution in [-0.2, 0) is 25.8 Å². The predicted octanol–water partition coefficient (Wildman–Crippen LogP) is 4.36. The van der Waals surface area contributed by atoms with Crippen molar-refractivity contribution >= 4 is 11.6 Å². The molecule has 1 heterocycles. The van der Waals surface area contributed by atoms with Crippen molar-refractivity contribution in [3.05, 3.63) is 86.8 Å². The quantitative estimate of drug-likeness (QED) is 0.714. The number of halogens is 2. The molecule has 4 rings (SSSR count). The van der Waals surface area contributed by atoms with Crippen LogP contribution in [0.3, 0.4) is 0 Å². The predicted molar refractivity (Wildman–Crippen MR) is 105 cm³/mol. The number of hydrogen-bond acceptors (Lipinski definition) is 3. The van der Waals surface area contributed by atoms with Crippen molar-refractivity contribution in [1.82, 2.24) is 9.55 Å². The van der Waals surface area contributed by atoms with Gasteiger partial charge in [0, 0.05) is 11.9 Å². The van der Waals surface area contributed by atoms with E-state index in [0.29, 0.717) is 0 Å². The molecular formula is C22H21F2N3O. The van der Waals surface area contributed by atoms with Crippen LogP contribution in [0.2, 0.25) is 0 Å². The van der Waals surface area contributed by atoms with Crippen molar-refractivity contribution < 1.29 is 8.78 Å². The van der Waals surface area contributed by atoms with Crippen LogP contribution in [0.25, 0.3) is 0 Å². The molecule has 6 heteroatoms. The Kier molecular flexibility index (Phi) is 4.94. The Morgan fingerprint density at radius 1 is 1.11 bits per heavy atom. The van der Waals surface area contributed by atoms with Gasteiger partial charge in [-0.3, -0.25) is 4.79 Å². The lowest BCUT2D eigenvalue weighted by Crippen LogP contribution is -2.20. The molecule has 144 valence electrons. The van der Waals surface area contributed by atoms with Crippen molar-refractivity contribution in [1.29, 1.82) is 0 Å². The van der Waals surface area contributed by atoms with E-state index in [1.165, 1.54) is 27.8 Å². The SMILES string of the molecule is CCc1cc2c(cc1Nc1nc(=O)c(F)cn1Cc1ccc(F)cc1)CCC2. The lowest BCUT2D eigenvalue weighted by molar-refractivity contribution is 0.578. The third-order valence-electron chi connectivity index (χ3n) is 5.16. The molecule has 0 aliphatic heterocycles. The average molecular weight is 381 g/mol. The molecule has 0 saturated heterocycles. The summed E-state index contributed by atoms with van der Waals surface area (Å²) in [5, 5.41) is 3.23. The number of fused-ring (bicyclic) bond motifs is 1. The van der Waals surface area contributed by atoms with Gasteiger partial charge in [-0.2, -0.15) is 9.37 Å². The summed E-state index contributed by atoms with van der Waals surface area (Å²) < 4.78 is 28.6. The van der Waals surface area contributed by atoms with Crippen LogP contribution in [0.1, 0.15) is 35.6 Å². The molecule has 1 N–H and O–H groups in total. The summed E-state index contributed by atoms with van der Waals surface area (Å²) in [7, 11) is 0. The van der Waals surface area contributed by atoms with Crippen molar-refractivity contribution in [3.63, 3.8) is 0 Å². The van der Waals surface area contributed by atoms with E-state index in [1.807, 2.05) is 0 Å². The summed E-state index contributed by atoms with van der Waals surface area (Å²) in [5.74, 6) is -0.988. The number of nitrogens with zero attached hydrogens (tertiary/aromatic N) is 2. The van der Waals surface area contributed by atoms with E-state index < -0.39 is 11.4 Å². The first-order valence-electron chi connectivity index (χ1n) is 9.46. The minimum Gasteiger partial charge on any atom is -0.325 e. The number of aromatic nitrogens is 2. The molecule has 0 atom stereocenters. The number of nitrogens with one attached hydrogen (secondary N) is 1. The van der Waals surface area contributed by atoms with Crippen LogP contribution in [0.4, 0.5) is 20.4 Å². The van der Waals surface area contributed by atoms with Crippen molar-refractivity contribution in [3.8, 4) is 0 Å². The summed E-state index contributed by atoms with van der Waals surface area (Å²) in [5.41, 5.74) is 4.56. The van der Waals surface area contributed by atoms with E-state index in [9.17, 15) is 13.6 Å². The Hall–Kier alpha value is -3.02. The number of aryl methyl sites for hydroxylation is 3. The van der Waals surface area contributed by atoms with E-state index in [2.05, 4.69) is 29.4 Å².